The number of nitrogens with one attached hydrogen (secondary N) is 1. The van der Waals surface area contributed by atoms with E-state index in [1.165, 1.54) is 0 Å². The van der Waals surface area contributed by atoms with Gasteiger partial charge in [0.25, 0.3) is 0 Å². The van der Waals surface area contributed by atoms with E-state index in [0.717, 1.165) is 5.56 Å². The summed E-state index contributed by atoms with van der Waals surface area (Å²) in [6.45, 7) is -0.335. The Balaban J connectivity index is 2.07. The third kappa shape index (κ3) is 1.74. The summed E-state index contributed by atoms with van der Waals surface area (Å²) in [4.78, 5) is 0. The molecule has 3 rings (SSSR count). The van der Waals surface area contributed by atoms with Crippen molar-refractivity contribution < 1.29 is 20.4 Å². The quantitative estimate of drug-likeness (QED) is 0.471. The van der Waals surface area contributed by atoms with Gasteiger partial charge in [-0.2, -0.15) is 0 Å². The molecule has 2 aliphatic rings. The van der Waals surface area contributed by atoms with E-state index in [1.807, 2.05) is 30.3 Å². The predicted octanol–water partition coefficient (Wildman–Crippen LogP) is -1.04. The molecule has 1 aromatic carbocycles. The van der Waals surface area contributed by atoms with Crippen LogP contribution in [0.15, 0.2) is 30.3 Å². The van der Waals surface area contributed by atoms with Crippen molar-refractivity contribution in [3.8, 4) is 0 Å². The maximum Gasteiger partial charge on any atom is 0.102 e. The van der Waals surface area contributed by atoms with E-state index < -0.39 is 29.8 Å². The third-order valence-electron chi connectivity index (χ3n) is 4.57. The van der Waals surface area contributed by atoms with E-state index in [4.69, 9.17) is 0 Å². The predicted molar refractivity (Wildman–Crippen MR) is 68.6 cm³/mol. The van der Waals surface area contributed by atoms with Gasteiger partial charge in [-0.25, -0.2) is 0 Å². The first-order chi connectivity index (χ1) is 9.10. The first-order valence-electron chi connectivity index (χ1n) is 6.58. The van der Waals surface area contributed by atoms with E-state index in [9.17, 15) is 20.4 Å². The maximum atomic E-state index is 10.4. The van der Waals surface area contributed by atoms with E-state index in [2.05, 4.69) is 5.32 Å². The Hall–Kier alpha value is -0.980. The lowest BCUT2D eigenvalue weighted by Gasteiger charge is -2.44. The number of benzene rings is 1. The Bertz CT molecular complexity index is 454. The molecule has 5 heteroatoms. The molecule has 5 N–H and O–H groups in total. The van der Waals surface area contributed by atoms with E-state index in [-0.39, 0.29) is 12.6 Å². The maximum absolute atomic E-state index is 10.4. The fourth-order valence-electron chi connectivity index (χ4n) is 3.67. The first kappa shape index (κ1) is 13.0. The number of fused-ring (bicyclic) bond motifs is 2. The lowest BCUT2D eigenvalue weighted by molar-refractivity contribution is -0.0354. The molecule has 0 unspecified atom stereocenters. The molecule has 2 heterocycles. The van der Waals surface area contributed by atoms with Gasteiger partial charge in [0.15, 0.2) is 0 Å². The highest BCUT2D eigenvalue weighted by Crippen LogP contribution is 2.45. The lowest BCUT2D eigenvalue weighted by Crippen LogP contribution is -2.62. The van der Waals surface area contributed by atoms with Gasteiger partial charge < -0.3 is 25.7 Å². The van der Waals surface area contributed by atoms with Crippen LogP contribution in [-0.4, -0.2) is 56.9 Å². The Kier molecular flexibility index (Phi) is 3.11. The molecule has 0 radical (unpaired) electrons. The summed E-state index contributed by atoms with van der Waals surface area (Å²) in [7, 11) is 0. The SMILES string of the molecule is OC[C@@]12N[C@@H](C[C@@H](O)[C@H]1c1ccccc1)[C@H](O)[C@H]2O. The third-order valence-corrected chi connectivity index (χ3v) is 4.57. The van der Waals surface area contributed by atoms with Crippen molar-refractivity contribution in [1.29, 1.82) is 0 Å². The summed E-state index contributed by atoms with van der Waals surface area (Å²) >= 11 is 0. The van der Waals surface area contributed by atoms with Crippen molar-refractivity contribution >= 4 is 0 Å². The van der Waals surface area contributed by atoms with Crippen LogP contribution in [0.1, 0.15) is 17.9 Å². The second-order valence-corrected chi connectivity index (χ2v) is 5.58. The van der Waals surface area contributed by atoms with Crippen LogP contribution in [0, 0.1) is 0 Å². The van der Waals surface area contributed by atoms with E-state index in [1.54, 1.807) is 0 Å². The molecular formula is C14H19NO4. The second-order valence-electron chi connectivity index (χ2n) is 5.58. The molecule has 2 fully saturated rings. The summed E-state index contributed by atoms with van der Waals surface area (Å²) in [6.07, 6.45) is -2.40. The Labute approximate surface area is 111 Å². The van der Waals surface area contributed by atoms with Crippen LogP contribution in [0.25, 0.3) is 0 Å². The molecule has 104 valence electrons. The van der Waals surface area contributed by atoms with E-state index in [0.29, 0.717) is 6.42 Å². The number of hydrogen-bond acceptors (Lipinski definition) is 5. The van der Waals surface area contributed by atoms with Gasteiger partial charge in [0.2, 0.25) is 0 Å². The molecule has 2 aliphatic heterocycles. The van der Waals surface area contributed by atoms with Gasteiger partial charge in [0.1, 0.15) is 6.10 Å². The lowest BCUT2D eigenvalue weighted by atomic mass is 9.72. The van der Waals surface area contributed by atoms with Crippen molar-refractivity contribution in [2.75, 3.05) is 6.61 Å². The van der Waals surface area contributed by atoms with Gasteiger partial charge in [0, 0.05) is 12.0 Å². The highest BCUT2D eigenvalue weighted by atomic mass is 16.3. The number of hydrogen-bond donors (Lipinski definition) is 5. The zero-order valence-electron chi connectivity index (χ0n) is 10.5. The van der Waals surface area contributed by atoms with Crippen molar-refractivity contribution in [3.05, 3.63) is 35.9 Å². The van der Waals surface area contributed by atoms with Crippen LogP contribution >= 0.6 is 0 Å². The Morgan fingerprint density at radius 2 is 1.84 bits per heavy atom. The minimum atomic E-state index is -1.09. The fraction of sp³-hybridized carbons (Fsp3) is 0.571. The number of aliphatic hydroxyl groups is 4. The van der Waals surface area contributed by atoms with Crippen molar-refractivity contribution in [1.82, 2.24) is 5.32 Å². The fourth-order valence-corrected chi connectivity index (χ4v) is 3.67. The molecule has 1 aromatic rings. The van der Waals surface area contributed by atoms with Crippen LogP contribution in [0.5, 0.6) is 0 Å². The normalized spacial score (nSPS) is 45.4. The summed E-state index contributed by atoms with van der Waals surface area (Å²) < 4.78 is 0. The molecule has 0 aromatic heterocycles. The monoisotopic (exact) mass is 265 g/mol. The largest absolute Gasteiger partial charge is 0.394 e. The average molecular weight is 265 g/mol. The van der Waals surface area contributed by atoms with Crippen molar-refractivity contribution in [3.63, 3.8) is 0 Å². The Morgan fingerprint density at radius 3 is 2.47 bits per heavy atom. The minimum absolute atomic E-state index is 0.335. The Morgan fingerprint density at radius 1 is 1.16 bits per heavy atom. The van der Waals surface area contributed by atoms with Gasteiger partial charge in [-0.15, -0.1) is 0 Å². The molecule has 2 bridgehead atoms. The molecule has 5 nitrogen and oxygen atoms in total. The molecular weight excluding hydrogens is 246 g/mol. The molecule has 0 saturated carbocycles. The topological polar surface area (TPSA) is 93.0 Å². The number of piperidine rings is 1. The van der Waals surface area contributed by atoms with Crippen LogP contribution < -0.4 is 5.32 Å². The van der Waals surface area contributed by atoms with Crippen LogP contribution in [-0.2, 0) is 0 Å². The van der Waals surface area contributed by atoms with Crippen molar-refractivity contribution in [2.45, 2.75) is 42.2 Å². The number of rotatable bonds is 2. The molecule has 0 spiro atoms. The summed E-state index contributed by atoms with van der Waals surface area (Å²) in [5.74, 6) is -0.443. The van der Waals surface area contributed by atoms with Gasteiger partial charge in [-0.05, 0) is 12.0 Å². The highest BCUT2D eigenvalue weighted by molar-refractivity contribution is 5.32. The smallest absolute Gasteiger partial charge is 0.102 e. The number of aliphatic hydroxyl groups excluding tert-OH is 4. The summed E-state index contributed by atoms with van der Waals surface area (Å²) in [6, 6.07) is 8.95. The van der Waals surface area contributed by atoms with Crippen LogP contribution in [0.4, 0.5) is 0 Å². The molecule has 19 heavy (non-hydrogen) atoms. The van der Waals surface area contributed by atoms with E-state index >= 15 is 0 Å². The van der Waals surface area contributed by atoms with Crippen LogP contribution in [0.3, 0.4) is 0 Å². The first-order valence-corrected chi connectivity index (χ1v) is 6.58. The zero-order chi connectivity index (χ0) is 13.6. The minimum Gasteiger partial charge on any atom is -0.394 e. The summed E-state index contributed by atoms with van der Waals surface area (Å²) in [5, 5.41) is 43.5. The molecule has 6 atom stereocenters. The average Bonchev–Trinajstić information content (AvgIpc) is 2.63. The molecule has 2 saturated heterocycles. The van der Waals surface area contributed by atoms with Crippen LogP contribution in [0.2, 0.25) is 0 Å². The molecule has 0 aliphatic carbocycles. The van der Waals surface area contributed by atoms with Gasteiger partial charge >= 0.3 is 0 Å². The van der Waals surface area contributed by atoms with Gasteiger partial charge in [0.05, 0.1) is 24.4 Å². The highest BCUT2D eigenvalue weighted by Gasteiger charge is 2.61. The standard InChI is InChI=1S/C14H19NO4/c16-7-14-11(8-4-2-1-3-5-8)10(17)6-9(15-14)12(18)13(14)19/h1-5,9-13,15-19H,6-7H2/t9-,10+,11+,12-,13+,14+/m0/s1. The van der Waals surface area contributed by atoms with Gasteiger partial charge in [-0.3, -0.25) is 0 Å². The molecule has 0 amide bonds. The summed E-state index contributed by atoms with van der Waals surface area (Å²) in [5.41, 5.74) is -0.230. The van der Waals surface area contributed by atoms with Crippen molar-refractivity contribution in [2.24, 2.45) is 0 Å². The van der Waals surface area contributed by atoms with Gasteiger partial charge in [-0.1, -0.05) is 30.3 Å². The second kappa shape index (κ2) is 4.54. The zero-order valence-corrected chi connectivity index (χ0v) is 10.5.